The van der Waals surface area contributed by atoms with Crippen LogP contribution in [0.3, 0.4) is 0 Å². The summed E-state index contributed by atoms with van der Waals surface area (Å²) in [5.74, 6) is -0.247. The molecule has 0 aliphatic carbocycles. The van der Waals surface area contributed by atoms with Gasteiger partial charge in [-0.3, -0.25) is 0 Å². The second kappa shape index (κ2) is 5.92. The molecule has 0 bridgehead atoms. The van der Waals surface area contributed by atoms with Crippen molar-refractivity contribution in [1.29, 1.82) is 5.26 Å². The second-order valence-corrected chi connectivity index (χ2v) is 6.23. The predicted octanol–water partition coefficient (Wildman–Crippen LogP) is 4.91. The van der Waals surface area contributed by atoms with Crippen molar-refractivity contribution in [3.05, 3.63) is 52.8 Å². The lowest BCUT2D eigenvalue weighted by atomic mass is 9.98. The molecule has 0 amide bonds. The molecule has 1 aromatic heterocycles. The van der Waals surface area contributed by atoms with Crippen LogP contribution >= 0.6 is 27.3 Å². The Morgan fingerprint density at radius 1 is 1.33 bits per heavy atom. The molecular weight excluding hydrogens is 351 g/mol. The standard InChI is InChI=1S/C16H10BrFN2S/c17-5-4-12-7-13-16(20-9-21-13)14(15(12)18)11-3-1-2-10(6-11)8-19/h1-3,6-7,9H,4-5H2. The van der Waals surface area contributed by atoms with Crippen molar-refractivity contribution in [2.75, 3.05) is 5.33 Å². The van der Waals surface area contributed by atoms with Crippen LogP contribution in [0.2, 0.25) is 0 Å². The van der Waals surface area contributed by atoms with Crippen LogP contribution in [0.4, 0.5) is 4.39 Å². The van der Waals surface area contributed by atoms with E-state index in [1.165, 1.54) is 11.3 Å². The number of aryl methyl sites for hydroxylation is 1. The van der Waals surface area contributed by atoms with Crippen LogP contribution in [-0.2, 0) is 6.42 Å². The van der Waals surface area contributed by atoms with E-state index in [2.05, 4.69) is 27.0 Å². The molecule has 2 aromatic carbocycles. The van der Waals surface area contributed by atoms with Gasteiger partial charge in [0.2, 0.25) is 0 Å². The summed E-state index contributed by atoms with van der Waals surface area (Å²) >= 11 is 4.85. The van der Waals surface area contributed by atoms with Gasteiger partial charge in [-0.1, -0.05) is 28.1 Å². The maximum absolute atomic E-state index is 14.8. The van der Waals surface area contributed by atoms with Gasteiger partial charge in [0, 0.05) is 10.9 Å². The first-order chi connectivity index (χ1) is 10.2. The van der Waals surface area contributed by atoms with Gasteiger partial charge in [-0.25, -0.2) is 9.37 Å². The van der Waals surface area contributed by atoms with Crippen LogP contribution in [0.15, 0.2) is 35.8 Å². The largest absolute Gasteiger partial charge is 0.244 e. The maximum atomic E-state index is 14.8. The minimum absolute atomic E-state index is 0.247. The molecule has 0 spiro atoms. The molecule has 0 aliphatic rings. The average molecular weight is 361 g/mol. The molecule has 0 fully saturated rings. The first-order valence-electron chi connectivity index (χ1n) is 6.35. The zero-order chi connectivity index (χ0) is 14.8. The van der Waals surface area contributed by atoms with Crippen molar-refractivity contribution in [2.24, 2.45) is 0 Å². The number of hydrogen-bond donors (Lipinski definition) is 0. The predicted molar refractivity (Wildman–Crippen MR) is 87.2 cm³/mol. The number of nitriles is 1. The van der Waals surface area contributed by atoms with Gasteiger partial charge >= 0.3 is 0 Å². The van der Waals surface area contributed by atoms with E-state index in [9.17, 15) is 4.39 Å². The van der Waals surface area contributed by atoms with Crippen LogP contribution in [0.25, 0.3) is 21.3 Å². The van der Waals surface area contributed by atoms with Gasteiger partial charge in [-0.15, -0.1) is 11.3 Å². The number of benzene rings is 2. The van der Waals surface area contributed by atoms with E-state index in [4.69, 9.17) is 5.26 Å². The van der Waals surface area contributed by atoms with Crippen LogP contribution in [0.5, 0.6) is 0 Å². The number of fused-ring (bicyclic) bond motifs is 1. The highest BCUT2D eigenvalue weighted by atomic mass is 79.9. The normalized spacial score (nSPS) is 10.7. The molecular formula is C16H10BrFN2S. The molecule has 5 heteroatoms. The van der Waals surface area contributed by atoms with Crippen LogP contribution < -0.4 is 0 Å². The highest BCUT2D eigenvalue weighted by Crippen LogP contribution is 2.35. The van der Waals surface area contributed by atoms with Crippen LogP contribution in [0, 0.1) is 17.1 Å². The molecule has 0 radical (unpaired) electrons. The molecule has 0 atom stereocenters. The number of nitrogens with zero attached hydrogens (tertiary/aromatic N) is 2. The van der Waals surface area contributed by atoms with Crippen molar-refractivity contribution in [3.63, 3.8) is 0 Å². The van der Waals surface area contributed by atoms with E-state index in [-0.39, 0.29) is 5.82 Å². The monoisotopic (exact) mass is 360 g/mol. The second-order valence-electron chi connectivity index (χ2n) is 4.56. The third-order valence-corrected chi connectivity index (χ3v) is 4.46. The first-order valence-corrected chi connectivity index (χ1v) is 8.35. The van der Waals surface area contributed by atoms with Gasteiger partial charge in [-0.2, -0.15) is 5.26 Å². The summed E-state index contributed by atoms with van der Waals surface area (Å²) in [5.41, 5.74) is 4.74. The molecule has 0 aliphatic heterocycles. The summed E-state index contributed by atoms with van der Waals surface area (Å²) in [6.07, 6.45) is 0.616. The third-order valence-electron chi connectivity index (χ3n) is 3.28. The lowest BCUT2D eigenvalue weighted by Crippen LogP contribution is -1.96. The molecule has 21 heavy (non-hydrogen) atoms. The highest BCUT2D eigenvalue weighted by Gasteiger charge is 2.17. The minimum atomic E-state index is -0.247. The Hall–Kier alpha value is -1.77. The summed E-state index contributed by atoms with van der Waals surface area (Å²) in [7, 11) is 0. The summed E-state index contributed by atoms with van der Waals surface area (Å²) in [6.45, 7) is 0. The number of rotatable bonds is 3. The highest BCUT2D eigenvalue weighted by molar-refractivity contribution is 9.09. The number of thiazole rings is 1. The van der Waals surface area contributed by atoms with E-state index in [1.54, 1.807) is 23.7 Å². The average Bonchev–Trinajstić information content (AvgIpc) is 2.96. The van der Waals surface area contributed by atoms with Crippen molar-refractivity contribution in [2.45, 2.75) is 6.42 Å². The minimum Gasteiger partial charge on any atom is -0.244 e. The number of aromatic nitrogens is 1. The van der Waals surface area contributed by atoms with Crippen molar-refractivity contribution in [3.8, 4) is 17.2 Å². The van der Waals surface area contributed by atoms with Gasteiger partial charge in [0.15, 0.2) is 0 Å². The smallest absolute Gasteiger partial charge is 0.136 e. The Labute approximate surface area is 134 Å². The lowest BCUT2D eigenvalue weighted by Gasteiger charge is -2.09. The van der Waals surface area contributed by atoms with Gasteiger partial charge in [0.05, 0.1) is 27.4 Å². The first kappa shape index (κ1) is 14.2. The van der Waals surface area contributed by atoms with E-state index in [0.717, 1.165) is 4.70 Å². The fraction of sp³-hybridized carbons (Fsp3) is 0.125. The van der Waals surface area contributed by atoms with Crippen LogP contribution in [0.1, 0.15) is 11.1 Å². The fourth-order valence-corrected chi connectivity index (χ4v) is 3.50. The Balaban J connectivity index is 2.31. The lowest BCUT2D eigenvalue weighted by molar-refractivity contribution is 0.618. The summed E-state index contributed by atoms with van der Waals surface area (Å²) < 4.78 is 15.8. The van der Waals surface area contributed by atoms with Crippen molar-refractivity contribution >= 4 is 37.5 Å². The van der Waals surface area contributed by atoms with Gasteiger partial charge in [0.1, 0.15) is 5.82 Å². The zero-order valence-electron chi connectivity index (χ0n) is 10.9. The molecule has 0 N–H and O–H groups in total. The van der Waals surface area contributed by atoms with Crippen molar-refractivity contribution < 1.29 is 4.39 Å². The number of hydrogen-bond acceptors (Lipinski definition) is 3. The number of halogens is 2. The Kier molecular flexibility index (Phi) is 4.00. The Morgan fingerprint density at radius 3 is 2.95 bits per heavy atom. The Bertz CT molecular complexity index is 851. The molecule has 0 unspecified atom stereocenters. The maximum Gasteiger partial charge on any atom is 0.136 e. The molecule has 0 saturated heterocycles. The topological polar surface area (TPSA) is 36.7 Å². The quantitative estimate of drug-likeness (QED) is 0.622. The van der Waals surface area contributed by atoms with E-state index in [1.807, 2.05) is 12.1 Å². The van der Waals surface area contributed by atoms with Crippen LogP contribution in [-0.4, -0.2) is 10.3 Å². The van der Waals surface area contributed by atoms with Gasteiger partial charge < -0.3 is 0 Å². The van der Waals surface area contributed by atoms with Gasteiger partial charge in [0.25, 0.3) is 0 Å². The third kappa shape index (κ3) is 2.57. The molecule has 104 valence electrons. The number of alkyl halides is 1. The van der Waals surface area contributed by atoms with E-state index in [0.29, 0.717) is 39.5 Å². The molecule has 2 nitrogen and oxygen atoms in total. The van der Waals surface area contributed by atoms with Crippen molar-refractivity contribution in [1.82, 2.24) is 4.98 Å². The van der Waals surface area contributed by atoms with E-state index >= 15 is 0 Å². The van der Waals surface area contributed by atoms with Gasteiger partial charge in [-0.05, 0) is 35.7 Å². The summed E-state index contributed by atoms with van der Waals surface area (Å²) in [6, 6.07) is 10.9. The molecule has 3 rings (SSSR count). The Morgan fingerprint density at radius 2 is 2.19 bits per heavy atom. The fourth-order valence-electron chi connectivity index (χ4n) is 2.32. The molecule has 3 aromatic rings. The van der Waals surface area contributed by atoms with E-state index < -0.39 is 0 Å². The SMILES string of the molecule is N#Cc1cccc(-c2c(F)c(CCBr)cc3scnc23)c1. The zero-order valence-corrected chi connectivity index (χ0v) is 13.3. The summed E-state index contributed by atoms with van der Waals surface area (Å²) in [5, 5.41) is 9.73. The summed E-state index contributed by atoms with van der Waals surface area (Å²) in [4.78, 5) is 4.30. The molecule has 1 heterocycles. The molecule has 0 saturated carbocycles.